The quantitative estimate of drug-likeness (QED) is 0.0367. The third-order valence-corrected chi connectivity index (χ3v) is 8.47. The summed E-state index contributed by atoms with van der Waals surface area (Å²) >= 11 is 0. The van der Waals surface area contributed by atoms with Crippen LogP contribution in [0.2, 0.25) is 0 Å². The Morgan fingerprint density at radius 2 is 1.57 bits per heavy atom. The van der Waals surface area contributed by atoms with Crippen LogP contribution in [-0.2, 0) is 33.6 Å². The first kappa shape index (κ1) is 44.2. The number of carboxylic acids is 3. The van der Waals surface area contributed by atoms with E-state index in [2.05, 4.69) is 16.0 Å². The molecule has 296 valence electrons. The summed E-state index contributed by atoms with van der Waals surface area (Å²) in [5, 5.41) is 35.5. The Labute approximate surface area is 311 Å². The van der Waals surface area contributed by atoms with E-state index < -0.39 is 78.5 Å². The molecule has 1 aromatic heterocycles. The molecular formula is C36H48N4O14. The van der Waals surface area contributed by atoms with E-state index in [4.69, 9.17) is 24.2 Å². The number of carbonyl (C=O) groups is 8. The number of furan rings is 1. The highest BCUT2D eigenvalue weighted by Gasteiger charge is 2.34. The number of hydrogen-bond acceptors (Lipinski definition) is 11. The summed E-state index contributed by atoms with van der Waals surface area (Å²) in [5.41, 5.74) is -0.0690. The van der Waals surface area contributed by atoms with Crippen LogP contribution >= 0.6 is 0 Å². The lowest BCUT2D eigenvalue weighted by Gasteiger charge is -2.32. The first-order valence-corrected chi connectivity index (χ1v) is 17.6. The van der Waals surface area contributed by atoms with Crippen LogP contribution in [0.5, 0.6) is 5.75 Å². The van der Waals surface area contributed by atoms with Gasteiger partial charge >= 0.3 is 23.9 Å². The van der Waals surface area contributed by atoms with E-state index >= 15 is 0 Å². The first-order chi connectivity index (χ1) is 25.7. The zero-order chi connectivity index (χ0) is 40.4. The Morgan fingerprint density at radius 3 is 2.15 bits per heavy atom. The predicted molar refractivity (Wildman–Crippen MR) is 189 cm³/mol. The fraction of sp³-hybridized carbons (Fsp3) is 0.500. The summed E-state index contributed by atoms with van der Waals surface area (Å²) in [6, 6.07) is 3.94. The van der Waals surface area contributed by atoms with Gasteiger partial charge in [-0.3, -0.25) is 24.0 Å². The largest absolute Gasteiger partial charge is 0.481 e. The average molecular weight is 761 g/mol. The zero-order valence-corrected chi connectivity index (χ0v) is 30.6. The summed E-state index contributed by atoms with van der Waals surface area (Å²) in [5.74, 6) is -8.82. The Morgan fingerprint density at radius 1 is 0.870 bits per heavy atom. The van der Waals surface area contributed by atoms with Crippen molar-refractivity contribution in [3.05, 3.63) is 41.7 Å². The molecule has 2 rings (SSSR count). The topological polar surface area (TPSA) is 268 Å². The number of ether oxygens (including phenoxy) is 1. The summed E-state index contributed by atoms with van der Waals surface area (Å²) < 4.78 is 10.9. The molecule has 54 heavy (non-hydrogen) atoms. The monoisotopic (exact) mass is 760 g/mol. The highest BCUT2D eigenvalue weighted by atomic mass is 16.7. The fourth-order valence-electron chi connectivity index (χ4n) is 5.50. The van der Waals surface area contributed by atoms with Crippen molar-refractivity contribution in [2.75, 3.05) is 13.3 Å². The van der Waals surface area contributed by atoms with E-state index in [9.17, 15) is 43.5 Å². The lowest BCUT2D eigenvalue weighted by atomic mass is 9.90. The van der Waals surface area contributed by atoms with Gasteiger partial charge in [-0.1, -0.05) is 53.0 Å². The highest BCUT2D eigenvalue weighted by molar-refractivity contribution is 6.00. The molecule has 4 amide bonds. The van der Waals surface area contributed by atoms with Crippen molar-refractivity contribution in [2.45, 2.75) is 91.1 Å². The number of carbonyl (C=O) groups excluding carboxylic acids is 5. The number of nitrogens with zero attached hydrogens (tertiary/aromatic N) is 1. The van der Waals surface area contributed by atoms with E-state index in [1.807, 2.05) is 20.8 Å². The number of benzene rings is 1. The van der Waals surface area contributed by atoms with Crippen LogP contribution < -0.4 is 20.7 Å². The molecule has 18 heteroatoms. The van der Waals surface area contributed by atoms with Gasteiger partial charge in [0.2, 0.25) is 12.3 Å². The maximum atomic E-state index is 13.4. The SMILES string of the molecule is CCCCC[C@@H](C(=O)NCNC(=O)c1ccc(-c2ccc(C(=O)N[C@@H](CC(=O)O)C(=O)O)c(OCC(=O)O)c2)o1)[C@@H](CC)N(C=O)OC(=O)C(CC)CC. The molecular weight excluding hydrogens is 712 g/mol. The second kappa shape index (κ2) is 22.2. The molecule has 0 aliphatic heterocycles. The highest BCUT2D eigenvalue weighted by Crippen LogP contribution is 2.29. The Kier molecular flexibility index (Phi) is 18.2. The number of rotatable bonds is 25. The van der Waals surface area contributed by atoms with E-state index in [1.165, 1.54) is 30.3 Å². The summed E-state index contributed by atoms with van der Waals surface area (Å²) in [6.07, 6.45) is 3.60. The van der Waals surface area contributed by atoms with Crippen LogP contribution in [0.1, 0.15) is 100.0 Å². The normalized spacial score (nSPS) is 12.5. The smallest absolute Gasteiger partial charge is 0.341 e. The molecule has 6 N–H and O–H groups in total. The van der Waals surface area contributed by atoms with Gasteiger partial charge in [0.05, 0.1) is 36.5 Å². The van der Waals surface area contributed by atoms with Crippen LogP contribution in [0.25, 0.3) is 11.3 Å². The predicted octanol–water partition coefficient (Wildman–Crippen LogP) is 3.20. The third-order valence-electron chi connectivity index (χ3n) is 8.47. The van der Waals surface area contributed by atoms with Crippen LogP contribution in [-0.4, -0.2) is 93.8 Å². The lowest BCUT2D eigenvalue weighted by molar-refractivity contribution is -0.208. The molecule has 0 aliphatic rings. The number of carboxylic acid groups (broad SMARTS) is 3. The van der Waals surface area contributed by atoms with Crippen LogP contribution in [0.4, 0.5) is 0 Å². The third kappa shape index (κ3) is 13.2. The van der Waals surface area contributed by atoms with Crippen LogP contribution in [0, 0.1) is 11.8 Å². The number of amides is 4. The Hall–Kier alpha value is -5.94. The van der Waals surface area contributed by atoms with Crippen molar-refractivity contribution in [1.82, 2.24) is 21.0 Å². The number of hydroxylamine groups is 2. The number of hydrogen-bond donors (Lipinski definition) is 6. The molecule has 0 fully saturated rings. The van der Waals surface area contributed by atoms with Crippen molar-refractivity contribution in [3.63, 3.8) is 0 Å². The van der Waals surface area contributed by atoms with Crippen molar-refractivity contribution in [1.29, 1.82) is 0 Å². The van der Waals surface area contributed by atoms with Gasteiger partial charge in [0.25, 0.3) is 11.8 Å². The molecule has 0 spiro atoms. The lowest BCUT2D eigenvalue weighted by Crippen LogP contribution is -2.49. The summed E-state index contributed by atoms with van der Waals surface area (Å²) in [6.45, 7) is 6.24. The maximum absolute atomic E-state index is 13.4. The molecule has 0 bridgehead atoms. The van der Waals surface area contributed by atoms with Gasteiger partial charge in [0.1, 0.15) is 17.6 Å². The molecule has 0 aliphatic carbocycles. The molecule has 0 radical (unpaired) electrons. The van der Waals surface area contributed by atoms with Gasteiger partial charge in [-0.2, -0.15) is 5.06 Å². The van der Waals surface area contributed by atoms with Gasteiger partial charge < -0.3 is 45.3 Å². The number of unbranched alkanes of at least 4 members (excludes halogenated alkanes) is 2. The Balaban J connectivity index is 2.20. The van der Waals surface area contributed by atoms with Gasteiger partial charge in [0, 0.05) is 5.56 Å². The van der Waals surface area contributed by atoms with Crippen molar-refractivity contribution >= 4 is 48.0 Å². The molecule has 18 nitrogen and oxygen atoms in total. The molecule has 0 saturated carbocycles. The summed E-state index contributed by atoms with van der Waals surface area (Å²) in [4.78, 5) is 103. The van der Waals surface area contributed by atoms with E-state index in [-0.39, 0.29) is 35.1 Å². The molecule has 1 heterocycles. The standard InChI is InChI=1S/C36H48N4O14/c1-5-9-10-11-23(26(8-4)40(20-41)54-36(51)21(6-2)7-3)32(46)37-19-38-34(48)28-15-14-27(53-28)22-12-13-24(29(16-22)52-18-31(44)45)33(47)39-25(35(49)50)17-30(42)43/h12-16,20-21,23,25-26H,5-11,17-19H2,1-4H3,(H,37,46)(H,38,48)(H,39,47)(H,42,43)(H,44,45)(H,49,50)/t23-,25+,26-/m1/s1. The molecule has 3 atom stereocenters. The number of nitrogens with one attached hydrogen (secondary N) is 3. The molecule has 0 unspecified atom stereocenters. The molecule has 0 saturated heterocycles. The molecule has 2 aromatic rings. The van der Waals surface area contributed by atoms with Crippen molar-refractivity contribution in [3.8, 4) is 17.1 Å². The van der Waals surface area contributed by atoms with E-state index in [0.29, 0.717) is 38.5 Å². The van der Waals surface area contributed by atoms with Crippen molar-refractivity contribution in [2.24, 2.45) is 11.8 Å². The second-order valence-corrected chi connectivity index (χ2v) is 12.2. The fourth-order valence-corrected chi connectivity index (χ4v) is 5.50. The maximum Gasteiger partial charge on any atom is 0.341 e. The molecule has 1 aromatic carbocycles. The van der Waals surface area contributed by atoms with E-state index in [1.54, 1.807) is 6.92 Å². The Bertz CT molecular complexity index is 1640. The minimum absolute atomic E-state index is 0.0873. The van der Waals surface area contributed by atoms with Gasteiger partial charge in [-0.25, -0.2) is 14.4 Å². The minimum Gasteiger partial charge on any atom is -0.481 e. The first-order valence-electron chi connectivity index (χ1n) is 17.6. The average Bonchev–Trinajstić information content (AvgIpc) is 3.63. The van der Waals surface area contributed by atoms with E-state index in [0.717, 1.165) is 17.9 Å². The minimum atomic E-state index is -1.78. The van der Waals surface area contributed by atoms with Crippen molar-refractivity contribution < 1.29 is 67.7 Å². The van der Waals surface area contributed by atoms with Crippen LogP contribution in [0.15, 0.2) is 34.7 Å². The van der Waals surface area contributed by atoms with Gasteiger partial charge in [0.15, 0.2) is 12.4 Å². The zero-order valence-electron chi connectivity index (χ0n) is 30.6. The number of aliphatic carboxylic acids is 3. The summed E-state index contributed by atoms with van der Waals surface area (Å²) in [7, 11) is 0. The second-order valence-electron chi connectivity index (χ2n) is 12.2. The van der Waals surface area contributed by atoms with Gasteiger partial charge in [-0.05, 0) is 49.9 Å². The van der Waals surface area contributed by atoms with Crippen LogP contribution in [0.3, 0.4) is 0 Å². The van der Waals surface area contributed by atoms with Gasteiger partial charge in [-0.15, -0.1) is 0 Å².